The third-order valence-electron chi connectivity index (χ3n) is 5.69. The summed E-state index contributed by atoms with van der Waals surface area (Å²) >= 11 is 0. The molecule has 5 nitrogen and oxygen atoms in total. The largest absolute Gasteiger partial charge is 0.371 e. The lowest BCUT2D eigenvalue weighted by Gasteiger charge is -2.37. The van der Waals surface area contributed by atoms with Crippen LogP contribution in [0.25, 0.3) is 11.3 Å². The smallest absolute Gasteiger partial charge is 0.266 e. The molecule has 134 valence electrons. The van der Waals surface area contributed by atoms with E-state index in [4.69, 9.17) is 5.26 Å². The number of benzene rings is 1. The Hall–Kier alpha value is -2.58. The molecule has 3 heterocycles. The van der Waals surface area contributed by atoms with Crippen molar-refractivity contribution in [3.63, 3.8) is 0 Å². The van der Waals surface area contributed by atoms with Crippen molar-refractivity contribution in [2.45, 2.75) is 31.7 Å². The molecule has 5 heteroatoms. The fourth-order valence-electron chi connectivity index (χ4n) is 4.18. The molecule has 2 aliphatic heterocycles. The molecule has 1 aromatic carbocycles. The monoisotopic (exact) mass is 348 g/mol. The summed E-state index contributed by atoms with van der Waals surface area (Å²) in [5.74, 6) is 0. The number of nitriles is 1. The highest BCUT2D eigenvalue weighted by Crippen LogP contribution is 2.26. The molecule has 2 aliphatic rings. The molecule has 0 bridgehead atoms. The molecule has 2 fully saturated rings. The van der Waals surface area contributed by atoms with Crippen LogP contribution in [0.15, 0.2) is 41.2 Å². The van der Waals surface area contributed by atoms with Crippen LogP contribution in [0.2, 0.25) is 0 Å². The first-order valence-corrected chi connectivity index (χ1v) is 9.47. The standard InChI is InChI=1S/C21H24N4O/c22-15-17-5-8-20(23-21(17)26)16-3-6-18(7-4-16)25-13-9-19(10-14-25)24-11-1-2-12-24/h3-8,19H,1-2,9-14H2,(H,23,26). The van der Waals surface area contributed by atoms with Crippen molar-refractivity contribution < 1.29 is 0 Å². The van der Waals surface area contributed by atoms with E-state index in [1.807, 2.05) is 18.2 Å². The summed E-state index contributed by atoms with van der Waals surface area (Å²) < 4.78 is 0. The number of hydrogen-bond acceptors (Lipinski definition) is 4. The van der Waals surface area contributed by atoms with Crippen LogP contribution in [-0.2, 0) is 0 Å². The zero-order valence-corrected chi connectivity index (χ0v) is 14.9. The molecular weight excluding hydrogens is 324 g/mol. The van der Waals surface area contributed by atoms with E-state index in [1.54, 1.807) is 12.1 Å². The Bertz CT molecular complexity index is 851. The van der Waals surface area contributed by atoms with Crippen molar-refractivity contribution in [3.05, 3.63) is 52.3 Å². The molecular formula is C21H24N4O. The van der Waals surface area contributed by atoms with Crippen LogP contribution in [0.1, 0.15) is 31.2 Å². The van der Waals surface area contributed by atoms with Crippen LogP contribution in [0.3, 0.4) is 0 Å². The van der Waals surface area contributed by atoms with Crippen molar-refractivity contribution in [1.82, 2.24) is 9.88 Å². The van der Waals surface area contributed by atoms with Gasteiger partial charge in [0.05, 0.1) is 0 Å². The number of nitrogens with one attached hydrogen (secondary N) is 1. The summed E-state index contributed by atoms with van der Waals surface area (Å²) in [6.45, 7) is 4.77. The molecule has 2 saturated heterocycles. The van der Waals surface area contributed by atoms with E-state index >= 15 is 0 Å². The zero-order valence-electron chi connectivity index (χ0n) is 14.9. The van der Waals surface area contributed by atoms with Crippen LogP contribution < -0.4 is 10.5 Å². The second-order valence-electron chi connectivity index (χ2n) is 7.23. The lowest BCUT2D eigenvalue weighted by Crippen LogP contribution is -2.43. The minimum atomic E-state index is -0.335. The number of aromatic amines is 1. The maximum atomic E-state index is 11.8. The van der Waals surface area contributed by atoms with Gasteiger partial charge in [0.1, 0.15) is 11.6 Å². The number of pyridine rings is 1. The van der Waals surface area contributed by atoms with Gasteiger partial charge in [0.2, 0.25) is 0 Å². The van der Waals surface area contributed by atoms with Gasteiger partial charge in [-0.05, 0) is 68.6 Å². The van der Waals surface area contributed by atoms with Gasteiger partial charge in [-0.25, -0.2) is 0 Å². The molecule has 1 N–H and O–H groups in total. The quantitative estimate of drug-likeness (QED) is 0.926. The Balaban J connectivity index is 1.43. The predicted octanol–water partition coefficient (Wildman–Crippen LogP) is 2.98. The minimum absolute atomic E-state index is 0.145. The average Bonchev–Trinajstić information content (AvgIpc) is 3.23. The first kappa shape index (κ1) is 16.9. The number of nitrogens with zero attached hydrogens (tertiary/aromatic N) is 3. The Kier molecular flexibility index (Phi) is 4.77. The summed E-state index contributed by atoms with van der Waals surface area (Å²) in [6.07, 6.45) is 5.20. The minimum Gasteiger partial charge on any atom is -0.371 e. The summed E-state index contributed by atoms with van der Waals surface area (Å²) in [5, 5.41) is 8.87. The highest BCUT2D eigenvalue weighted by atomic mass is 16.1. The Morgan fingerprint density at radius 2 is 1.65 bits per heavy atom. The second-order valence-corrected chi connectivity index (χ2v) is 7.23. The van der Waals surface area contributed by atoms with Gasteiger partial charge in [-0.3, -0.25) is 4.79 Å². The highest BCUT2D eigenvalue weighted by Gasteiger charge is 2.26. The van der Waals surface area contributed by atoms with Crippen LogP contribution >= 0.6 is 0 Å². The number of rotatable bonds is 3. The highest BCUT2D eigenvalue weighted by molar-refractivity contribution is 5.63. The Labute approximate surface area is 153 Å². The summed E-state index contributed by atoms with van der Waals surface area (Å²) in [7, 11) is 0. The summed E-state index contributed by atoms with van der Waals surface area (Å²) in [6, 6.07) is 14.4. The normalized spacial score (nSPS) is 18.8. The number of hydrogen-bond donors (Lipinski definition) is 1. The van der Waals surface area contributed by atoms with Crippen molar-refractivity contribution in [3.8, 4) is 17.3 Å². The Morgan fingerprint density at radius 3 is 2.27 bits per heavy atom. The van der Waals surface area contributed by atoms with E-state index in [9.17, 15) is 4.79 Å². The van der Waals surface area contributed by atoms with Crippen molar-refractivity contribution in [1.29, 1.82) is 5.26 Å². The Morgan fingerprint density at radius 1 is 0.962 bits per heavy atom. The van der Waals surface area contributed by atoms with Gasteiger partial charge in [-0.15, -0.1) is 0 Å². The number of likely N-dealkylation sites (tertiary alicyclic amines) is 1. The molecule has 0 atom stereocenters. The van der Waals surface area contributed by atoms with Crippen LogP contribution in [0.5, 0.6) is 0 Å². The topological polar surface area (TPSA) is 63.1 Å². The number of H-pyrrole nitrogens is 1. The van der Waals surface area contributed by atoms with Crippen LogP contribution in [0, 0.1) is 11.3 Å². The third kappa shape index (κ3) is 3.38. The van der Waals surface area contributed by atoms with Gasteiger partial charge in [0.25, 0.3) is 5.56 Å². The van der Waals surface area contributed by atoms with E-state index in [0.717, 1.165) is 30.4 Å². The molecule has 0 saturated carbocycles. The molecule has 0 unspecified atom stereocenters. The lowest BCUT2D eigenvalue weighted by atomic mass is 10.0. The molecule has 0 radical (unpaired) electrons. The van der Waals surface area contributed by atoms with Crippen LogP contribution in [-0.4, -0.2) is 42.1 Å². The first-order valence-electron chi connectivity index (χ1n) is 9.47. The molecule has 4 rings (SSSR count). The van der Waals surface area contributed by atoms with E-state index in [2.05, 4.69) is 26.9 Å². The average molecular weight is 348 g/mol. The van der Waals surface area contributed by atoms with Gasteiger partial charge in [0, 0.05) is 30.5 Å². The molecule has 1 aromatic heterocycles. The van der Waals surface area contributed by atoms with E-state index in [0.29, 0.717) is 0 Å². The van der Waals surface area contributed by atoms with Crippen LogP contribution in [0.4, 0.5) is 5.69 Å². The van der Waals surface area contributed by atoms with E-state index in [1.165, 1.54) is 44.5 Å². The first-order chi connectivity index (χ1) is 12.7. The second kappa shape index (κ2) is 7.35. The van der Waals surface area contributed by atoms with E-state index in [-0.39, 0.29) is 11.1 Å². The number of anilines is 1. The molecule has 2 aromatic rings. The maximum absolute atomic E-state index is 11.8. The third-order valence-corrected chi connectivity index (χ3v) is 5.69. The van der Waals surface area contributed by atoms with Crippen molar-refractivity contribution >= 4 is 5.69 Å². The molecule has 26 heavy (non-hydrogen) atoms. The van der Waals surface area contributed by atoms with Gasteiger partial charge < -0.3 is 14.8 Å². The maximum Gasteiger partial charge on any atom is 0.266 e. The molecule has 0 amide bonds. The zero-order chi connectivity index (χ0) is 17.9. The van der Waals surface area contributed by atoms with Gasteiger partial charge in [-0.2, -0.15) is 5.26 Å². The number of piperidine rings is 1. The lowest BCUT2D eigenvalue weighted by molar-refractivity contribution is 0.208. The SMILES string of the molecule is N#Cc1ccc(-c2ccc(N3CCC(N4CCCC4)CC3)cc2)[nH]c1=O. The predicted molar refractivity (Wildman–Crippen MR) is 103 cm³/mol. The summed E-state index contributed by atoms with van der Waals surface area (Å²) in [4.78, 5) is 19.7. The fraction of sp³-hybridized carbons (Fsp3) is 0.429. The fourth-order valence-corrected chi connectivity index (χ4v) is 4.18. The molecule has 0 aliphatic carbocycles. The number of aromatic nitrogens is 1. The molecule has 0 spiro atoms. The van der Waals surface area contributed by atoms with E-state index < -0.39 is 0 Å². The van der Waals surface area contributed by atoms with Crippen molar-refractivity contribution in [2.75, 3.05) is 31.1 Å². The van der Waals surface area contributed by atoms with Gasteiger partial charge in [0.15, 0.2) is 0 Å². The van der Waals surface area contributed by atoms with Crippen molar-refractivity contribution in [2.24, 2.45) is 0 Å². The summed E-state index contributed by atoms with van der Waals surface area (Å²) in [5.41, 5.74) is 2.75. The van der Waals surface area contributed by atoms with Gasteiger partial charge >= 0.3 is 0 Å². The van der Waals surface area contributed by atoms with Gasteiger partial charge in [-0.1, -0.05) is 12.1 Å².